The summed E-state index contributed by atoms with van der Waals surface area (Å²) >= 11 is 1.23. The number of nitrogens with zero attached hydrogens (tertiary/aromatic N) is 3. The van der Waals surface area contributed by atoms with E-state index in [1.165, 1.54) is 23.5 Å². The lowest BCUT2D eigenvalue weighted by atomic mass is 10.1. The Morgan fingerprint density at radius 2 is 1.91 bits per heavy atom. The van der Waals surface area contributed by atoms with Crippen LogP contribution in [0.25, 0.3) is 10.6 Å². The van der Waals surface area contributed by atoms with Crippen molar-refractivity contribution in [1.29, 1.82) is 0 Å². The van der Waals surface area contributed by atoms with E-state index in [0.29, 0.717) is 5.01 Å². The Morgan fingerprint density at radius 3 is 2.47 bits per heavy atom. The Balaban J connectivity index is 1.86. The van der Waals surface area contributed by atoms with Crippen LogP contribution in [0.2, 0.25) is 0 Å². The fourth-order valence-electron chi connectivity index (χ4n) is 2.61. The van der Waals surface area contributed by atoms with Gasteiger partial charge in [-0.1, -0.05) is 0 Å². The van der Waals surface area contributed by atoms with Gasteiger partial charge in [0.1, 0.15) is 22.7 Å². The van der Waals surface area contributed by atoms with Gasteiger partial charge < -0.3 is 15.2 Å². The van der Waals surface area contributed by atoms with Crippen molar-refractivity contribution in [2.24, 2.45) is 0 Å². The van der Waals surface area contributed by atoms with Crippen LogP contribution in [0.15, 0.2) is 30.7 Å². The molecule has 3 rings (SSSR count). The topological polar surface area (TPSA) is 97.2 Å². The van der Waals surface area contributed by atoms with Gasteiger partial charge in [0.2, 0.25) is 5.82 Å². The van der Waals surface area contributed by atoms with Gasteiger partial charge in [-0.15, -0.1) is 11.3 Å². The number of rotatable bonds is 7. The predicted octanol–water partition coefficient (Wildman–Crippen LogP) is 3.76. The number of hydrogen-bond donors (Lipinski definition) is 2. The number of benzene rings is 1. The van der Waals surface area contributed by atoms with Crippen LogP contribution in [0.5, 0.6) is 5.75 Å². The van der Waals surface area contributed by atoms with E-state index in [9.17, 15) is 23.1 Å². The minimum atomic E-state index is -4.68. The van der Waals surface area contributed by atoms with Gasteiger partial charge in [0.15, 0.2) is 0 Å². The molecule has 1 atom stereocenters. The molecule has 0 fully saturated rings. The minimum absolute atomic E-state index is 0.0498. The monoisotopic (exact) mass is 470 g/mol. The van der Waals surface area contributed by atoms with Crippen LogP contribution < -0.4 is 10.1 Å². The van der Waals surface area contributed by atoms with Crippen LogP contribution in [0.3, 0.4) is 0 Å². The summed E-state index contributed by atoms with van der Waals surface area (Å²) in [5.41, 5.74) is -0.0964. The van der Waals surface area contributed by atoms with Crippen molar-refractivity contribution in [1.82, 2.24) is 20.3 Å². The Bertz CT molecular complexity index is 1100. The summed E-state index contributed by atoms with van der Waals surface area (Å²) in [5.74, 6) is -2.80. The molecular weight excluding hydrogens is 452 g/mol. The molecule has 0 aliphatic carbocycles. The van der Waals surface area contributed by atoms with Crippen LogP contribution in [0, 0.1) is 12.7 Å². The van der Waals surface area contributed by atoms with E-state index in [1.54, 1.807) is 20.0 Å². The van der Waals surface area contributed by atoms with Gasteiger partial charge in [0, 0.05) is 35.6 Å². The molecule has 0 aliphatic rings. The molecule has 12 heteroatoms. The van der Waals surface area contributed by atoms with Gasteiger partial charge in [-0.2, -0.15) is 13.2 Å². The lowest BCUT2D eigenvalue weighted by Crippen LogP contribution is -2.25. The van der Waals surface area contributed by atoms with Crippen LogP contribution >= 0.6 is 11.3 Å². The van der Waals surface area contributed by atoms with Crippen LogP contribution in [0.1, 0.15) is 33.5 Å². The van der Waals surface area contributed by atoms with Crippen molar-refractivity contribution < 1.29 is 32.2 Å². The van der Waals surface area contributed by atoms with Crippen molar-refractivity contribution in [3.05, 3.63) is 58.4 Å². The zero-order valence-electron chi connectivity index (χ0n) is 16.9. The van der Waals surface area contributed by atoms with E-state index < -0.39 is 29.8 Å². The first-order valence-corrected chi connectivity index (χ1v) is 10.1. The van der Waals surface area contributed by atoms with E-state index in [-0.39, 0.29) is 35.6 Å². The smallest absolute Gasteiger partial charge is 0.451 e. The first kappa shape index (κ1) is 23.5. The number of carbonyl (C=O) groups excluding carboxylic acids is 1. The van der Waals surface area contributed by atoms with Gasteiger partial charge in [-0.05, 0) is 26.0 Å². The molecule has 0 spiro atoms. The van der Waals surface area contributed by atoms with Crippen LogP contribution in [-0.4, -0.2) is 38.7 Å². The summed E-state index contributed by atoms with van der Waals surface area (Å²) in [6, 6.07) is 2.57. The van der Waals surface area contributed by atoms with Gasteiger partial charge in [0.25, 0.3) is 5.91 Å². The van der Waals surface area contributed by atoms with Gasteiger partial charge in [-0.3, -0.25) is 4.79 Å². The SMILES string of the molecule is Cc1cnc(-c2cc(OC(C)CO)cc(C(=O)NCc3cnc(C(F)(F)F)nc3)c2F)s1. The normalized spacial score (nSPS) is 12.5. The van der Waals surface area contributed by atoms with E-state index in [4.69, 9.17) is 4.74 Å². The Hall–Kier alpha value is -3.12. The zero-order valence-corrected chi connectivity index (χ0v) is 17.7. The second kappa shape index (κ2) is 9.57. The molecule has 7 nitrogen and oxygen atoms in total. The number of hydrogen-bond acceptors (Lipinski definition) is 7. The molecule has 2 heterocycles. The fraction of sp³-hybridized carbons (Fsp3) is 0.300. The summed E-state index contributed by atoms with van der Waals surface area (Å²) in [7, 11) is 0. The zero-order chi connectivity index (χ0) is 23.5. The van der Waals surface area contributed by atoms with Gasteiger partial charge >= 0.3 is 6.18 Å². The van der Waals surface area contributed by atoms with Crippen molar-refractivity contribution in [3.63, 3.8) is 0 Å². The van der Waals surface area contributed by atoms with Gasteiger partial charge in [-0.25, -0.2) is 19.3 Å². The Morgan fingerprint density at radius 1 is 1.22 bits per heavy atom. The summed E-state index contributed by atoms with van der Waals surface area (Å²) in [5, 5.41) is 12.0. The quantitative estimate of drug-likeness (QED) is 0.511. The molecule has 0 saturated heterocycles. The molecule has 1 aromatic carbocycles. The number of aromatic nitrogens is 3. The molecule has 2 aromatic heterocycles. The molecule has 1 amide bonds. The lowest BCUT2D eigenvalue weighted by Gasteiger charge is -2.15. The first-order valence-electron chi connectivity index (χ1n) is 9.28. The Kier molecular flexibility index (Phi) is 7.04. The minimum Gasteiger partial charge on any atom is -0.488 e. The predicted molar refractivity (Wildman–Crippen MR) is 108 cm³/mol. The molecule has 1 unspecified atom stereocenters. The average molecular weight is 470 g/mol. The largest absolute Gasteiger partial charge is 0.488 e. The maximum atomic E-state index is 15.2. The number of amides is 1. The third kappa shape index (κ3) is 5.56. The molecule has 0 bridgehead atoms. The van der Waals surface area contributed by atoms with Crippen molar-refractivity contribution in [2.45, 2.75) is 32.7 Å². The number of aliphatic hydroxyl groups is 1. The molecule has 2 N–H and O–H groups in total. The number of aliphatic hydroxyl groups excluding tert-OH is 1. The summed E-state index contributed by atoms with van der Waals surface area (Å²) in [6.45, 7) is 2.88. The van der Waals surface area contributed by atoms with Crippen molar-refractivity contribution in [3.8, 4) is 16.3 Å². The number of aryl methyl sites for hydroxylation is 1. The van der Waals surface area contributed by atoms with Crippen molar-refractivity contribution >= 4 is 17.2 Å². The summed E-state index contributed by atoms with van der Waals surface area (Å²) < 4.78 is 58.4. The lowest BCUT2D eigenvalue weighted by molar-refractivity contribution is -0.145. The number of nitrogens with one attached hydrogen (secondary N) is 1. The average Bonchev–Trinajstić information content (AvgIpc) is 3.18. The molecule has 0 radical (unpaired) electrons. The third-order valence-electron chi connectivity index (χ3n) is 4.15. The summed E-state index contributed by atoms with van der Waals surface area (Å²) in [4.78, 5) is 24.1. The fourth-order valence-corrected chi connectivity index (χ4v) is 3.38. The molecule has 170 valence electrons. The third-order valence-corrected chi connectivity index (χ3v) is 5.09. The van der Waals surface area contributed by atoms with Crippen molar-refractivity contribution in [2.75, 3.05) is 6.61 Å². The number of carbonyl (C=O) groups is 1. The molecule has 0 aliphatic heterocycles. The summed E-state index contributed by atoms with van der Waals surface area (Å²) in [6.07, 6.45) is -1.86. The standard InChI is InChI=1S/C20H18F4N4O3S/c1-10(9-29)31-13-3-14(16(21)15(4-13)18-26-5-11(2)32-18)17(30)25-6-12-7-27-19(28-8-12)20(22,23)24/h3-5,7-8,10,29H,6,9H2,1-2H3,(H,25,30). The highest BCUT2D eigenvalue weighted by Crippen LogP contribution is 2.33. The highest BCUT2D eigenvalue weighted by molar-refractivity contribution is 7.14. The number of halogens is 4. The van der Waals surface area contributed by atoms with E-state index in [0.717, 1.165) is 17.3 Å². The molecule has 3 aromatic rings. The maximum absolute atomic E-state index is 15.2. The number of thiazole rings is 1. The van der Waals surface area contributed by atoms with E-state index in [1.807, 2.05) is 0 Å². The molecular formula is C20H18F4N4O3S. The van der Waals surface area contributed by atoms with Crippen LogP contribution in [-0.2, 0) is 12.7 Å². The second-order valence-corrected chi connectivity index (χ2v) is 8.05. The highest BCUT2D eigenvalue weighted by atomic mass is 32.1. The second-order valence-electron chi connectivity index (χ2n) is 6.81. The molecule has 0 saturated carbocycles. The highest BCUT2D eigenvalue weighted by Gasteiger charge is 2.34. The first-order chi connectivity index (χ1) is 15.1. The van der Waals surface area contributed by atoms with Gasteiger partial charge in [0.05, 0.1) is 17.7 Å². The number of ether oxygens (including phenoxy) is 1. The van der Waals surface area contributed by atoms with E-state index >= 15 is 4.39 Å². The molecule has 32 heavy (non-hydrogen) atoms. The van der Waals surface area contributed by atoms with E-state index in [2.05, 4.69) is 20.3 Å². The maximum Gasteiger partial charge on any atom is 0.451 e. The Labute approximate surface area is 184 Å². The number of alkyl halides is 3. The van der Waals surface area contributed by atoms with Crippen LogP contribution in [0.4, 0.5) is 17.6 Å².